The third-order valence-electron chi connectivity index (χ3n) is 5.59. The zero-order valence-corrected chi connectivity index (χ0v) is 15.9. The number of hydrogen-bond acceptors (Lipinski definition) is 6. The summed E-state index contributed by atoms with van der Waals surface area (Å²) in [7, 11) is 1.74. The van der Waals surface area contributed by atoms with E-state index in [2.05, 4.69) is 39.3 Å². The standard InChI is InChI=1S/C20H20N6O3/c1-24-11-21-18-17(24)19(27)25(12-22-18)10-16-23-26(20(28)29-16)9-13-7-15(8-13)14-5-3-2-4-6-14/h2-6,11-13,15H,7-10H2,1H3. The van der Waals surface area contributed by atoms with Gasteiger partial charge in [0.15, 0.2) is 11.2 Å². The summed E-state index contributed by atoms with van der Waals surface area (Å²) in [6, 6.07) is 10.4. The van der Waals surface area contributed by atoms with Crippen LogP contribution in [-0.2, 0) is 20.1 Å². The minimum absolute atomic E-state index is 0.0481. The number of fused-ring (bicyclic) bond motifs is 1. The molecule has 0 amide bonds. The fourth-order valence-electron chi connectivity index (χ4n) is 3.99. The first-order chi connectivity index (χ1) is 14.1. The van der Waals surface area contributed by atoms with Crippen molar-refractivity contribution in [3.8, 4) is 0 Å². The molecule has 1 saturated carbocycles. The summed E-state index contributed by atoms with van der Waals surface area (Å²) in [6.07, 6.45) is 4.99. The second-order valence-electron chi connectivity index (χ2n) is 7.59. The van der Waals surface area contributed by atoms with E-state index in [0.29, 0.717) is 29.5 Å². The first-order valence-corrected chi connectivity index (χ1v) is 9.56. The second-order valence-corrected chi connectivity index (χ2v) is 7.59. The highest BCUT2D eigenvalue weighted by Crippen LogP contribution is 2.41. The molecule has 0 atom stereocenters. The molecule has 0 spiro atoms. The van der Waals surface area contributed by atoms with E-state index in [4.69, 9.17) is 4.42 Å². The summed E-state index contributed by atoms with van der Waals surface area (Å²) >= 11 is 0. The van der Waals surface area contributed by atoms with Crippen LogP contribution in [0, 0.1) is 5.92 Å². The van der Waals surface area contributed by atoms with Crippen LogP contribution in [0.15, 0.2) is 57.0 Å². The van der Waals surface area contributed by atoms with Gasteiger partial charge in [-0.05, 0) is 30.2 Å². The van der Waals surface area contributed by atoms with Crippen LogP contribution in [0.1, 0.15) is 30.2 Å². The Balaban J connectivity index is 1.29. The van der Waals surface area contributed by atoms with E-state index in [1.807, 2.05) is 6.07 Å². The number of hydrogen-bond donors (Lipinski definition) is 0. The van der Waals surface area contributed by atoms with Crippen LogP contribution in [0.5, 0.6) is 0 Å². The number of imidazole rings is 1. The molecule has 4 aromatic rings. The molecule has 0 unspecified atom stereocenters. The quantitative estimate of drug-likeness (QED) is 0.510. The lowest BCUT2D eigenvalue weighted by molar-refractivity contribution is 0.220. The third-order valence-corrected chi connectivity index (χ3v) is 5.59. The summed E-state index contributed by atoms with van der Waals surface area (Å²) < 4.78 is 9.62. The van der Waals surface area contributed by atoms with Crippen molar-refractivity contribution in [2.24, 2.45) is 13.0 Å². The van der Waals surface area contributed by atoms with Crippen molar-refractivity contribution in [3.63, 3.8) is 0 Å². The maximum atomic E-state index is 12.6. The van der Waals surface area contributed by atoms with Gasteiger partial charge in [-0.1, -0.05) is 30.3 Å². The van der Waals surface area contributed by atoms with Gasteiger partial charge in [-0.3, -0.25) is 9.36 Å². The summed E-state index contributed by atoms with van der Waals surface area (Å²) in [4.78, 5) is 33.0. The van der Waals surface area contributed by atoms with Crippen molar-refractivity contribution >= 4 is 11.2 Å². The zero-order chi connectivity index (χ0) is 20.0. The highest BCUT2D eigenvalue weighted by Gasteiger charge is 2.31. The maximum absolute atomic E-state index is 12.6. The van der Waals surface area contributed by atoms with Gasteiger partial charge in [0.05, 0.1) is 12.9 Å². The molecule has 0 N–H and O–H groups in total. The number of rotatable bonds is 5. The lowest BCUT2D eigenvalue weighted by Gasteiger charge is -2.35. The summed E-state index contributed by atoms with van der Waals surface area (Å²) in [5.74, 6) is 0.634. The van der Waals surface area contributed by atoms with E-state index >= 15 is 0 Å². The highest BCUT2D eigenvalue weighted by molar-refractivity contribution is 5.68. The van der Waals surface area contributed by atoms with Crippen molar-refractivity contribution in [1.82, 2.24) is 28.9 Å². The largest absolute Gasteiger partial charge is 0.437 e. The Bertz CT molecular complexity index is 1280. The monoisotopic (exact) mass is 392 g/mol. The zero-order valence-electron chi connectivity index (χ0n) is 15.9. The number of aromatic nitrogens is 6. The SMILES string of the molecule is Cn1cnc2ncn(Cc3nn(CC4CC(c5ccccc5)C4)c(=O)o3)c(=O)c21. The van der Waals surface area contributed by atoms with Crippen LogP contribution >= 0.6 is 0 Å². The van der Waals surface area contributed by atoms with E-state index in [0.717, 1.165) is 12.8 Å². The van der Waals surface area contributed by atoms with E-state index in [9.17, 15) is 9.59 Å². The molecule has 1 fully saturated rings. The van der Waals surface area contributed by atoms with Gasteiger partial charge in [0.2, 0.25) is 5.89 Å². The Morgan fingerprint density at radius 2 is 1.86 bits per heavy atom. The van der Waals surface area contributed by atoms with Gasteiger partial charge in [0.1, 0.15) is 12.9 Å². The molecule has 3 aromatic heterocycles. The van der Waals surface area contributed by atoms with Crippen molar-refractivity contribution in [3.05, 3.63) is 75.3 Å². The molecular weight excluding hydrogens is 372 g/mol. The Kier molecular flexibility index (Phi) is 4.15. The number of benzene rings is 1. The Labute approximate surface area is 165 Å². The van der Waals surface area contributed by atoms with E-state index < -0.39 is 5.76 Å². The molecule has 0 saturated heterocycles. The predicted octanol–water partition coefficient (Wildman–Crippen LogP) is 1.52. The Hall–Kier alpha value is -3.49. The summed E-state index contributed by atoms with van der Waals surface area (Å²) in [6.45, 7) is 0.575. The maximum Gasteiger partial charge on any atom is 0.437 e. The predicted molar refractivity (Wildman–Crippen MR) is 105 cm³/mol. The molecule has 9 nitrogen and oxygen atoms in total. The van der Waals surface area contributed by atoms with Crippen molar-refractivity contribution in [1.29, 1.82) is 0 Å². The lowest BCUT2D eigenvalue weighted by Crippen LogP contribution is -2.30. The highest BCUT2D eigenvalue weighted by atomic mass is 16.4. The van der Waals surface area contributed by atoms with Crippen LogP contribution in [0.2, 0.25) is 0 Å². The number of aryl methyl sites for hydroxylation is 1. The molecule has 1 aliphatic carbocycles. The molecule has 1 aromatic carbocycles. The van der Waals surface area contributed by atoms with Gasteiger partial charge in [-0.2, -0.15) is 4.68 Å². The molecule has 9 heteroatoms. The molecule has 1 aliphatic rings. The van der Waals surface area contributed by atoms with E-state index in [-0.39, 0.29) is 18.0 Å². The molecule has 0 bridgehead atoms. The molecular formula is C20H20N6O3. The van der Waals surface area contributed by atoms with Gasteiger partial charge in [0, 0.05) is 7.05 Å². The first kappa shape index (κ1) is 17.6. The second kappa shape index (κ2) is 6.84. The Morgan fingerprint density at radius 1 is 1.10 bits per heavy atom. The van der Waals surface area contributed by atoms with Crippen molar-refractivity contribution in [2.75, 3.05) is 0 Å². The summed E-state index contributed by atoms with van der Waals surface area (Å²) in [5.41, 5.74) is 1.88. The van der Waals surface area contributed by atoms with Crippen LogP contribution < -0.4 is 11.3 Å². The minimum Gasteiger partial charge on any atom is -0.390 e. The van der Waals surface area contributed by atoms with Gasteiger partial charge in [-0.25, -0.2) is 14.8 Å². The molecule has 0 aliphatic heterocycles. The lowest BCUT2D eigenvalue weighted by atomic mass is 9.71. The van der Waals surface area contributed by atoms with Crippen LogP contribution in [0.25, 0.3) is 11.2 Å². The van der Waals surface area contributed by atoms with Crippen molar-refractivity contribution < 1.29 is 4.42 Å². The third kappa shape index (κ3) is 3.18. The fraction of sp³-hybridized carbons (Fsp3) is 0.350. The summed E-state index contributed by atoms with van der Waals surface area (Å²) in [5, 5.41) is 4.28. The number of nitrogens with zero attached hydrogens (tertiary/aromatic N) is 6. The van der Waals surface area contributed by atoms with Crippen molar-refractivity contribution in [2.45, 2.75) is 31.8 Å². The fourth-order valence-corrected chi connectivity index (χ4v) is 3.99. The topological polar surface area (TPSA) is 101 Å². The van der Waals surface area contributed by atoms with E-state index in [1.165, 1.54) is 21.1 Å². The van der Waals surface area contributed by atoms with Crippen LogP contribution in [-0.4, -0.2) is 28.9 Å². The average Bonchev–Trinajstić information content (AvgIpc) is 3.23. The van der Waals surface area contributed by atoms with Gasteiger partial charge < -0.3 is 8.98 Å². The van der Waals surface area contributed by atoms with Gasteiger partial charge in [-0.15, -0.1) is 5.10 Å². The molecule has 148 valence electrons. The van der Waals surface area contributed by atoms with Crippen LogP contribution in [0.4, 0.5) is 0 Å². The average molecular weight is 392 g/mol. The molecule has 0 radical (unpaired) electrons. The van der Waals surface area contributed by atoms with E-state index in [1.54, 1.807) is 17.9 Å². The molecule has 29 heavy (non-hydrogen) atoms. The minimum atomic E-state index is -0.495. The molecule has 3 heterocycles. The first-order valence-electron chi connectivity index (χ1n) is 9.56. The van der Waals surface area contributed by atoms with Crippen LogP contribution in [0.3, 0.4) is 0 Å². The normalized spacial score (nSPS) is 18.8. The molecule has 5 rings (SSSR count). The van der Waals surface area contributed by atoms with Gasteiger partial charge >= 0.3 is 5.76 Å². The Morgan fingerprint density at radius 3 is 2.66 bits per heavy atom. The van der Waals surface area contributed by atoms with Gasteiger partial charge in [0.25, 0.3) is 5.56 Å². The smallest absolute Gasteiger partial charge is 0.390 e.